The van der Waals surface area contributed by atoms with Crippen molar-refractivity contribution >= 4 is 11.9 Å². The van der Waals surface area contributed by atoms with E-state index < -0.39 is 5.60 Å². The molecule has 1 heterocycles. The van der Waals surface area contributed by atoms with Crippen LogP contribution >= 0.6 is 0 Å². The van der Waals surface area contributed by atoms with Crippen molar-refractivity contribution in [1.82, 2.24) is 0 Å². The first-order valence-corrected chi connectivity index (χ1v) is 5.77. The molecule has 17 heavy (non-hydrogen) atoms. The van der Waals surface area contributed by atoms with E-state index in [-0.39, 0.29) is 5.78 Å². The average molecular weight is 228 g/mol. The summed E-state index contributed by atoms with van der Waals surface area (Å²) in [6.45, 7) is 5.49. The predicted molar refractivity (Wildman–Crippen MR) is 68.3 cm³/mol. The molecule has 1 aromatic rings. The number of Topliss-reactive ketones (excluding diaryl/α,β-unsaturated/α-hetero) is 1. The zero-order valence-electron chi connectivity index (χ0n) is 9.98. The molecule has 1 aliphatic heterocycles. The Morgan fingerprint density at radius 1 is 1.35 bits per heavy atom. The van der Waals surface area contributed by atoms with Crippen LogP contribution in [0.2, 0.25) is 0 Å². The fraction of sp³-hybridized carbons (Fsp3) is 0.267. The lowest BCUT2D eigenvalue weighted by Crippen LogP contribution is -2.49. The van der Waals surface area contributed by atoms with Crippen LogP contribution in [-0.2, 0) is 9.53 Å². The van der Waals surface area contributed by atoms with Crippen molar-refractivity contribution in [3.05, 3.63) is 54.3 Å². The monoisotopic (exact) mass is 228 g/mol. The Kier molecular flexibility index (Phi) is 3.14. The maximum Gasteiger partial charge on any atom is 0.240 e. The molecule has 1 saturated heterocycles. The van der Waals surface area contributed by atoms with Crippen molar-refractivity contribution in [3.63, 3.8) is 0 Å². The number of carbonyl (C=O) groups excluding carboxylic acids is 1. The summed E-state index contributed by atoms with van der Waals surface area (Å²) < 4.78 is 5.61. The van der Waals surface area contributed by atoms with E-state index in [1.165, 1.54) is 0 Å². The number of benzene rings is 1. The van der Waals surface area contributed by atoms with Crippen LogP contribution in [-0.4, -0.2) is 11.4 Å². The van der Waals surface area contributed by atoms with Gasteiger partial charge in [-0.1, -0.05) is 36.4 Å². The number of ketones is 1. The molecular formula is C15H16O2. The van der Waals surface area contributed by atoms with Crippen LogP contribution in [0.3, 0.4) is 0 Å². The third-order valence-corrected chi connectivity index (χ3v) is 2.96. The van der Waals surface area contributed by atoms with Crippen molar-refractivity contribution in [1.29, 1.82) is 0 Å². The van der Waals surface area contributed by atoms with Gasteiger partial charge in [-0.2, -0.15) is 0 Å². The van der Waals surface area contributed by atoms with Crippen LogP contribution in [0.25, 0.3) is 6.08 Å². The van der Waals surface area contributed by atoms with Crippen molar-refractivity contribution in [3.8, 4) is 0 Å². The molecule has 2 nitrogen and oxygen atoms in total. The van der Waals surface area contributed by atoms with Gasteiger partial charge in [-0.25, -0.2) is 0 Å². The van der Waals surface area contributed by atoms with Crippen LogP contribution in [0, 0.1) is 0 Å². The molecular weight excluding hydrogens is 212 g/mol. The first kappa shape index (κ1) is 11.6. The first-order valence-electron chi connectivity index (χ1n) is 5.77. The Balaban J connectivity index is 2.07. The number of hydrogen-bond acceptors (Lipinski definition) is 2. The van der Waals surface area contributed by atoms with Crippen molar-refractivity contribution < 1.29 is 9.53 Å². The lowest BCUT2D eigenvalue weighted by molar-refractivity contribution is -0.158. The highest BCUT2D eigenvalue weighted by Gasteiger charge is 2.47. The third kappa shape index (κ3) is 2.31. The van der Waals surface area contributed by atoms with Crippen LogP contribution in [0.15, 0.2) is 48.7 Å². The summed E-state index contributed by atoms with van der Waals surface area (Å²) >= 11 is 0. The van der Waals surface area contributed by atoms with Crippen molar-refractivity contribution in [2.24, 2.45) is 0 Å². The van der Waals surface area contributed by atoms with E-state index in [0.29, 0.717) is 12.2 Å². The highest BCUT2D eigenvalue weighted by molar-refractivity contribution is 6.08. The summed E-state index contributed by atoms with van der Waals surface area (Å²) in [6, 6.07) is 9.71. The SMILES string of the molecule is C=CCCC1(C)O/C(=C\c2ccccc2)C1=O. The summed E-state index contributed by atoms with van der Waals surface area (Å²) in [4.78, 5) is 12.0. The molecule has 0 radical (unpaired) electrons. The van der Waals surface area contributed by atoms with Gasteiger partial charge in [0.2, 0.25) is 5.78 Å². The zero-order chi connectivity index (χ0) is 12.3. The van der Waals surface area contributed by atoms with Gasteiger partial charge in [-0.15, -0.1) is 6.58 Å². The summed E-state index contributed by atoms with van der Waals surface area (Å²) in [5, 5.41) is 0. The Morgan fingerprint density at radius 2 is 2.06 bits per heavy atom. The third-order valence-electron chi connectivity index (χ3n) is 2.96. The minimum Gasteiger partial charge on any atom is -0.475 e. The van der Waals surface area contributed by atoms with E-state index in [4.69, 9.17) is 4.74 Å². The second kappa shape index (κ2) is 4.58. The molecule has 0 aliphatic carbocycles. The van der Waals surface area contributed by atoms with E-state index in [2.05, 4.69) is 6.58 Å². The number of hydrogen-bond donors (Lipinski definition) is 0. The van der Waals surface area contributed by atoms with E-state index >= 15 is 0 Å². The van der Waals surface area contributed by atoms with Crippen LogP contribution in [0.4, 0.5) is 0 Å². The number of allylic oxidation sites excluding steroid dienone is 1. The maximum atomic E-state index is 12.0. The molecule has 2 heteroatoms. The molecule has 1 aromatic carbocycles. The van der Waals surface area contributed by atoms with Crippen LogP contribution in [0.5, 0.6) is 0 Å². The molecule has 0 spiro atoms. The molecule has 0 amide bonds. The normalized spacial score (nSPS) is 25.2. The van der Waals surface area contributed by atoms with Gasteiger partial charge in [0, 0.05) is 0 Å². The van der Waals surface area contributed by atoms with Gasteiger partial charge in [0.25, 0.3) is 0 Å². The highest BCUT2D eigenvalue weighted by Crippen LogP contribution is 2.36. The largest absolute Gasteiger partial charge is 0.475 e. The van der Waals surface area contributed by atoms with Gasteiger partial charge in [-0.3, -0.25) is 4.79 Å². The summed E-state index contributed by atoms with van der Waals surface area (Å²) in [7, 11) is 0. The quantitative estimate of drug-likeness (QED) is 0.583. The summed E-state index contributed by atoms with van der Waals surface area (Å²) in [5.41, 5.74) is 0.344. The molecule has 1 unspecified atom stereocenters. The van der Waals surface area contributed by atoms with E-state index in [1.54, 1.807) is 12.2 Å². The van der Waals surface area contributed by atoms with Crippen molar-refractivity contribution in [2.75, 3.05) is 0 Å². The van der Waals surface area contributed by atoms with Gasteiger partial charge in [0.1, 0.15) is 0 Å². The summed E-state index contributed by atoms with van der Waals surface area (Å²) in [6.07, 6.45) is 5.08. The fourth-order valence-corrected chi connectivity index (χ4v) is 1.89. The lowest BCUT2D eigenvalue weighted by Gasteiger charge is -2.39. The smallest absolute Gasteiger partial charge is 0.240 e. The lowest BCUT2D eigenvalue weighted by atomic mass is 9.87. The van der Waals surface area contributed by atoms with Gasteiger partial charge in [-0.05, 0) is 31.4 Å². The number of rotatable bonds is 4. The fourth-order valence-electron chi connectivity index (χ4n) is 1.89. The second-order valence-corrected chi connectivity index (χ2v) is 4.41. The molecule has 1 fully saturated rings. The average Bonchev–Trinajstić information content (AvgIpc) is 2.36. The molecule has 1 atom stereocenters. The molecule has 0 N–H and O–H groups in total. The van der Waals surface area contributed by atoms with E-state index in [1.807, 2.05) is 37.3 Å². The Morgan fingerprint density at radius 3 is 2.65 bits per heavy atom. The van der Waals surface area contributed by atoms with Gasteiger partial charge >= 0.3 is 0 Å². The molecule has 88 valence electrons. The van der Waals surface area contributed by atoms with E-state index in [9.17, 15) is 4.79 Å². The predicted octanol–water partition coefficient (Wildman–Crippen LogP) is 3.35. The van der Waals surface area contributed by atoms with Gasteiger partial charge < -0.3 is 4.74 Å². The minimum absolute atomic E-state index is 0.0863. The maximum absolute atomic E-state index is 12.0. The Labute approximate surface area is 102 Å². The molecule has 1 aliphatic rings. The standard InChI is InChI=1S/C15H16O2/c1-3-4-10-15(2)14(16)13(17-15)11-12-8-6-5-7-9-12/h3,5-9,11H,1,4,10H2,2H3/b13-11-. The minimum atomic E-state index is -0.644. The van der Waals surface area contributed by atoms with Crippen LogP contribution < -0.4 is 0 Å². The molecule has 0 aromatic heterocycles. The first-order chi connectivity index (χ1) is 8.15. The van der Waals surface area contributed by atoms with Gasteiger partial charge in [0.05, 0.1) is 0 Å². The zero-order valence-corrected chi connectivity index (χ0v) is 9.98. The Hall–Kier alpha value is -1.83. The second-order valence-electron chi connectivity index (χ2n) is 4.41. The summed E-state index contributed by atoms with van der Waals surface area (Å²) in [5.74, 6) is 0.547. The van der Waals surface area contributed by atoms with Crippen molar-refractivity contribution in [2.45, 2.75) is 25.4 Å². The number of carbonyl (C=O) groups is 1. The Bertz CT molecular complexity index is 459. The highest BCUT2D eigenvalue weighted by atomic mass is 16.5. The molecule has 0 bridgehead atoms. The molecule has 0 saturated carbocycles. The van der Waals surface area contributed by atoms with E-state index in [0.717, 1.165) is 12.0 Å². The van der Waals surface area contributed by atoms with Crippen LogP contribution in [0.1, 0.15) is 25.3 Å². The van der Waals surface area contributed by atoms with Gasteiger partial charge in [0.15, 0.2) is 11.4 Å². The topological polar surface area (TPSA) is 26.3 Å². The number of ether oxygens (including phenoxy) is 1. The molecule has 2 rings (SSSR count).